The van der Waals surface area contributed by atoms with E-state index in [4.69, 9.17) is 21.1 Å². The third-order valence-corrected chi connectivity index (χ3v) is 6.11. The molecule has 2 N–H and O–H groups in total. The van der Waals surface area contributed by atoms with Crippen LogP contribution in [0, 0.1) is 0 Å². The lowest BCUT2D eigenvalue weighted by molar-refractivity contribution is 0.311. The van der Waals surface area contributed by atoms with Crippen LogP contribution in [-0.4, -0.2) is 37.4 Å². The number of aromatic hydroxyl groups is 1. The molecule has 0 radical (unpaired) electrons. The van der Waals surface area contributed by atoms with E-state index in [0.717, 1.165) is 29.1 Å². The minimum atomic E-state index is -0.405. The fraction of sp³-hybridized carbons (Fsp3) is 0.160. The van der Waals surface area contributed by atoms with Gasteiger partial charge in [0.1, 0.15) is 23.9 Å². The Kier molecular flexibility index (Phi) is 4.94. The summed E-state index contributed by atoms with van der Waals surface area (Å²) in [6, 6.07) is 16.4. The first kappa shape index (κ1) is 20.3. The highest BCUT2D eigenvalue weighted by Gasteiger charge is 2.19. The Hall–Kier alpha value is -3.64. The standard InChI is InChI=1S/C25H21ClN2O4/c1-28-8-9-32-22-11-14(6-7-21(22)28)17-12-18-20(13-19(17)26)27-25(30)23(24(18)29)15-4-3-5-16(10-15)31-2/h3-7,10-13H,8-9H2,1-2H3,(H2,27,29,30). The van der Waals surface area contributed by atoms with E-state index >= 15 is 0 Å². The van der Waals surface area contributed by atoms with Crippen molar-refractivity contribution in [2.24, 2.45) is 0 Å². The predicted molar refractivity (Wildman–Crippen MR) is 127 cm³/mol. The smallest absolute Gasteiger partial charge is 0.260 e. The van der Waals surface area contributed by atoms with E-state index < -0.39 is 5.56 Å². The molecule has 4 aromatic rings. The first-order valence-electron chi connectivity index (χ1n) is 10.2. The second-order valence-corrected chi connectivity index (χ2v) is 8.15. The Bertz CT molecular complexity index is 1410. The van der Waals surface area contributed by atoms with Gasteiger partial charge in [-0.2, -0.15) is 0 Å². The number of benzene rings is 3. The van der Waals surface area contributed by atoms with Crippen LogP contribution in [0.4, 0.5) is 5.69 Å². The zero-order valence-electron chi connectivity index (χ0n) is 17.6. The molecule has 1 aliphatic rings. The normalized spacial score (nSPS) is 13.0. The molecule has 6 nitrogen and oxygen atoms in total. The fourth-order valence-electron chi connectivity index (χ4n) is 4.09. The Morgan fingerprint density at radius 1 is 1.12 bits per heavy atom. The van der Waals surface area contributed by atoms with Gasteiger partial charge in [0.05, 0.1) is 35.4 Å². The van der Waals surface area contributed by atoms with Crippen LogP contribution < -0.4 is 19.9 Å². The number of nitrogens with zero attached hydrogens (tertiary/aromatic N) is 1. The number of H-pyrrole nitrogens is 1. The van der Waals surface area contributed by atoms with Gasteiger partial charge in [0, 0.05) is 18.0 Å². The molecule has 1 aliphatic heterocycles. The summed E-state index contributed by atoms with van der Waals surface area (Å²) >= 11 is 6.58. The number of halogens is 1. The van der Waals surface area contributed by atoms with Crippen LogP contribution in [0.3, 0.4) is 0 Å². The highest BCUT2D eigenvalue weighted by Crippen LogP contribution is 2.41. The number of ether oxygens (including phenoxy) is 2. The van der Waals surface area contributed by atoms with Crippen molar-refractivity contribution in [1.29, 1.82) is 0 Å². The number of likely N-dealkylation sites (N-methyl/N-ethyl adjacent to an activating group) is 1. The van der Waals surface area contributed by atoms with Crippen LogP contribution in [0.1, 0.15) is 0 Å². The molecule has 0 fully saturated rings. The number of hydrogen-bond donors (Lipinski definition) is 2. The first-order valence-corrected chi connectivity index (χ1v) is 10.6. The summed E-state index contributed by atoms with van der Waals surface area (Å²) in [6.45, 7) is 1.45. The van der Waals surface area contributed by atoms with Crippen molar-refractivity contribution in [3.8, 4) is 39.5 Å². The maximum absolute atomic E-state index is 12.8. The molecule has 0 atom stereocenters. The molecule has 0 unspecified atom stereocenters. The number of pyridine rings is 1. The Labute approximate surface area is 189 Å². The molecule has 32 heavy (non-hydrogen) atoms. The number of fused-ring (bicyclic) bond motifs is 2. The monoisotopic (exact) mass is 448 g/mol. The van der Waals surface area contributed by atoms with Crippen molar-refractivity contribution >= 4 is 28.2 Å². The minimum Gasteiger partial charge on any atom is -0.506 e. The maximum atomic E-state index is 12.8. The van der Waals surface area contributed by atoms with Crippen LogP contribution in [-0.2, 0) is 0 Å². The van der Waals surface area contributed by atoms with Crippen LogP contribution in [0.5, 0.6) is 17.2 Å². The third-order valence-electron chi connectivity index (χ3n) is 5.80. The quantitative estimate of drug-likeness (QED) is 0.458. The van der Waals surface area contributed by atoms with Gasteiger partial charge in [-0.05, 0) is 47.5 Å². The number of nitrogens with one attached hydrogen (secondary N) is 1. The molecule has 1 aromatic heterocycles. The van der Waals surface area contributed by atoms with Crippen molar-refractivity contribution in [3.05, 3.63) is 70.0 Å². The van der Waals surface area contributed by atoms with Gasteiger partial charge in [-0.15, -0.1) is 0 Å². The lowest BCUT2D eigenvalue weighted by Gasteiger charge is -2.28. The number of hydrogen-bond acceptors (Lipinski definition) is 5. The highest BCUT2D eigenvalue weighted by molar-refractivity contribution is 6.34. The summed E-state index contributed by atoms with van der Waals surface area (Å²) in [7, 11) is 3.58. The van der Waals surface area contributed by atoms with E-state index in [1.54, 1.807) is 43.5 Å². The molecule has 162 valence electrons. The number of anilines is 1. The van der Waals surface area contributed by atoms with E-state index in [1.165, 1.54) is 0 Å². The number of aromatic amines is 1. The molecule has 3 aromatic carbocycles. The predicted octanol–water partition coefficient (Wildman–Crippen LogP) is 5.06. The topological polar surface area (TPSA) is 74.8 Å². The van der Waals surface area contributed by atoms with Gasteiger partial charge in [0.2, 0.25) is 0 Å². The van der Waals surface area contributed by atoms with Gasteiger partial charge in [-0.25, -0.2) is 0 Å². The molecule has 0 bridgehead atoms. The average molecular weight is 449 g/mol. The van der Waals surface area contributed by atoms with Crippen molar-refractivity contribution in [3.63, 3.8) is 0 Å². The first-order chi connectivity index (χ1) is 15.5. The second kappa shape index (κ2) is 7.80. The van der Waals surface area contributed by atoms with Gasteiger partial charge < -0.3 is 24.5 Å². The maximum Gasteiger partial charge on any atom is 0.260 e. The summed E-state index contributed by atoms with van der Waals surface area (Å²) in [5, 5.41) is 12.1. The summed E-state index contributed by atoms with van der Waals surface area (Å²) in [5.74, 6) is 1.27. The van der Waals surface area contributed by atoms with Crippen LogP contribution >= 0.6 is 11.6 Å². The Morgan fingerprint density at radius 2 is 1.97 bits per heavy atom. The largest absolute Gasteiger partial charge is 0.506 e. The van der Waals surface area contributed by atoms with Gasteiger partial charge in [0.15, 0.2) is 0 Å². The summed E-state index contributed by atoms with van der Waals surface area (Å²) in [4.78, 5) is 17.8. The van der Waals surface area contributed by atoms with E-state index in [-0.39, 0.29) is 11.3 Å². The zero-order chi connectivity index (χ0) is 22.4. The third kappa shape index (κ3) is 3.33. The van der Waals surface area contributed by atoms with Crippen molar-refractivity contribution in [1.82, 2.24) is 4.98 Å². The van der Waals surface area contributed by atoms with Gasteiger partial charge in [-0.1, -0.05) is 29.8 Å². The van der Waals surface area contributed by atoms with E-state index in [0.29, 0.717) is 33.8 Å². The van der Waals surface area contributed by atoms with E-state index in [2.05, 4.69) is 9.88 Å². The summed E-state index contributed by atoms with van der Waals surface area (Å²) < 4.78 is 11.1. The SMILES string of the molecule is COc1cccc(-c2c(O)c3cc(-c4ccc5c(c4)OCCN5C)c(Cl)cc3[nH]c2=O)c1. The Balaban J connectivity index is 1.69. The molecular formula is C25H21ClN2O4. The molecule has 2 heterocycles. The lowest BCUT2D eigenvalue weighted by Crippen LogP contribution is -2.28. The average Bonchev–Trinajstić information content (AvgIpc) is 2.79. The second-order valence-electron chi connectivity index (χ2n) is 7.74. The molecule has 5 rings (SSSR count). The van der Waals surface area contributed by atoms with Gasteiger partial charge in [0.25, 0.3) is 5.56 Å². The highest BCUT2D eigenvalue weighted by atomic mass is 35.5. The van der Waals surface area contributed by atoms with Gasteiger partial charge >= 0.3 is 0 Å². The number of rotatable bonds is 3. The summed E-state index contributed by atoms with van der Waals surface area (Å²) in [6.07, 6.45) is 0. The zero-order valence-corrected chi connectivity index (χ0v) is 18.4. The molecule has 0 aliphatic carbocycles. The van der Waals surface area contributed by atoms with Crippen molar-refractivity contribution < 1.29 is 14.6 Å². The van der Waals surface area contributed by atoms with E-state index in [9.17, 15) is 9.90 Å². The molecule has 7 heteroatoms. The number of methoxy groups -OCH3 is 1. The lowest BCUT2D eigenvalue weighted by atomic mass is 9.98. The minimum absolute atomic E-state index is 0.108. The summed E-state index contributed by atoms with van der Waals surface area (Å²) in [5.41, 5.74) is 3.41. The molecule has 0 saturated carbocycles. The van der Waals surface area contributed by atoms with Crippen LogP contribution in [0.25, 0.3) is 33.2 Å². The van der Waals surface area contributed by atoms with Crippen LogP contribution in [0.2, 0.25) is 5.02 Å². The fourth-order valence-corrected chi connectivity index (χ4v) is 4.37. The van der Waals surface area contributed by atoms with E-state index in [1.807, 2.05) is 25.2 Å². The molecule has 0 saturated heterocycles. The number of aromatic nitrogens is 1. The van der Waals surface area contributed by atoms with Gasteiger partial charge in [-0.3, -0.25) is 4.79 Å². The molecule has 0 amide bonds. The molecular weight excluding hydrogens is 428 g/mol. The van der Waals surface area contributed by atoms with Crippen molar-refractivity contribution in [2.75, 3.05) is 32.2 Å². The van der Waals surface area contributed by atoms with Crippen LogP contribution in [0.15, 0.2) is 59.4 Å². The molecule has 0 spiro atoms. The Morgan fingerprint density at radius 3 is 2.78 bits per heavy atom. The van der Waals surface area contributed by atoms with Crippen molar-refractivity contribution in [2.45, 2.75) is 0 Å².